The molecule has 0 aromatic heterocycles. The minimum Gasteiger partial charge on any atom is -0.326 e. The quantitative estimate of drug-likeness (QED) is 0.836. The zero-order valence-electron chi connectivity index (χ0n) is 13.6. The molecule has 2 aromatic carbocycles. The second kappa shape index (κ2) is 7.42. The molecule has 1 amide bonds. The topological polar surface area (TPSA) is 41.1 Å². The molecule has 1 aliphatic rings. The molecule has 2 N–H and O–H groups in total. The summed E-state index contributed by atoms with van der Waals surface area (Å²) in [5, 5.41) is 6.53. The Labute approximate surface area is 138 Å². The van der Waals surface area contributed by atoms with E-state index < -0.39 is 0 Å². The summed E-state index contributed by atoms with van der Waals surface area (Å²) in [4.78, 5) is 11.1. The van der Waals surface area contributed by atoms with Crippen LogP contribution in [-0.4, -0.2) is 5.91 Å². The van der Waals surface area contributed by atoms with Crippen molar-refractivity contribution < 1.29 is 4.79 Å². The molecule has 0 saturated heterocycles. The van der Waals surface area contributed by atoms with E-state index in [1.165, 1.54) is 37.3 Å². The zero-order chi connectivity index (χ0) is 16.1. The fourth-order valence-corrected chi connectivity index (χ4v) is 3.13. The number of hydrogen-bond acceptors (Lipinski definition) is 2. The summed E-state index contributed by atoms with van der Waals surface area (Å²) in [6, 6.07) is 19.2. The number of carbonyl (C=O) groups is 1. The molecule has 23 heavy (non-hydrogen) atoms. The second-order valence-electron chi connectivity index (χ2n) is 6.34. The van der Waals surface area contributed by atoms with Crippen LogP contribution in [0, 0.1) is 5.92 Å². The van der Waals surface area contributed by atoms with Crippen LogP contribution < -0.4 is 10.6 Å². The molecule has 1 unspecified atom stereocenters. The Balaban J connectivity index is 1.63. The maximum Gasteiger partial charge on any atom is 0.221 e. The third-order valence-electron chi connectivity index (χ3n) is 4.58. The van der Waals surface area contributed by atoms with Gasteiger partial charge in [-0.25, -0.2) is 0 Å². The van der Waals surface area contributed by atoms with Gasteiger partial charge in [0.1, 0.15) is 0 Å². The molecule has 0 radical (unpaired) electrons. The third-order valence-corrected chi connectivity index (χ3v) is 4.58. The highest BCUT2D eigenvalue weighted by atomic mass is 16.1. The lowest BCUT2D eigenvalue weighted by Gasteiger charge is -2.35. The fraction of sp³-hybridized carbons (Fsp3) is 0.350. The van der Waals surface area contributed by atoms with E-state index in [4.69, 9.17) is 0 Å². The summed E-state index contributed by atoms with van der Waals surface area (Å²) in [7, 11) is 0. The Morgan fingerprint density at radius 3 is 2.35 bits per heavy atom. The van der Waals surface area contributed by atoms with Crippen LogP contribution in [0.15, 0.2) is 54.6 Å². The molecular weight excluding hydrogens is 284 g/mol. The molecule has 0 spiro atoms. The minimum atomic E-state index is -0.0370. The predicted octanol–water partition coefficient (Wildman–Crippen LogP) is 4.28. The molecule has 3 heteroatoms. The monoisotopic (exact) mass is 308 g/mol. The Kier molecular flexibility index (Phi) is 5.09. The van der Waals surface area contributed by atoms with Gasteiger partial charge in [0.05, 0.1) is 0 Å². The van der Waals surface area contributed by atoms with E-state index in [1.807, 2.05) is 12.1 Å². The Morgan fingerprint density at radius 1 is 1.09 bits per heavy atom. The van der Waals surface area contributed by atoms with Crippen LogP contribution in [-0.2, 0) is 11.3 Å². The summed E-state index contributed by atoms with van der Waals surface area (Å²) >= 11 is 0. The summed E-state index contributed by atoms with van der Waals surface area (Å²) in [6.45, 7) is 2.37. The molecule has 1 fully saturated rings. The molecule has 1 saturated carbocycles. The molecule has 3 rings (SSSR count). The summed E-state index contributed by atoms with van der Waals surface area (Å²) < 4.78 is 0. The highest BCUT2D eigenvalue weighted by Gasteiger charge is 2.27. The highest BCUT2D eigenvalue weighted by Crippen LogP contribution is 2.37. The lowest BCUT2D eigenvalue weighted by molar-refractivity contribution is -0.114. The summed E-state index contributed by atoms with van der Waals surface area (Å²) in [5.74, 6) is 0.709. The van der Waals surface area contributed by atoms with Crippen molar-refractivity contribution >= 4 is 11.6 Å². The molecular formula is C20H24N2O. The number of nitrogens with one attached hydrogen (secondary N) is 2. The average Bonchev–Trinajstić information content (AvgIpc) is 2.51. The van der Waals surface area contributed by atoms with Crippen molar-refractivity contribution in [2.24, 2.45) is 5.92 Å². The molecule has 0 heterocycles. The molecule has 1 atom stereocenters. The normalized spacial score (nSPS) is 15.7. The first-order chi connectivity index (χ1) is 11.2. The van der Waals surface area contributed by atoms with E-state index in [2.05, 4.69) is 53.1 Å². The lowest BCUT2D eigenvalue weighted by Crippen LogP contribution is -2.31. The smallest absolute Gasteiger partial charge is 0.221 e. The van der Waals surface area contributed by atoms with Crippen LogP contribution in [0.1, 0.15) is 43.4 Å². The van der Waals surface area contributed by atoms with Crippen molar-refractivity contribution in [3.8, 4) is 0 Å². The Hall–Kier alpha value is -2.13. The maximum absolute atomic E-state index is 11.1. The van der Waals surface area contributed by atoms with Crippen LogP contribution in [0.25, 0.3) is 0 Å². The SMILES string of the molecule is CC(=O)Nc1ccc(CNC(c2ccccc2)C2CCC2)cc1. The van der Waals surface area contributed by atoms with Crippen molar-refractivity contribution in [3.05, 3.63) is 65.7 Å². The van der Waals surface area contributed by atoms with Crippen molar-refractivity contribution in [1.82, 2.24) is 5.32 Å². The number of benzene rings is 2. The van der Waals surface area contributed by atoms with Crippen molar-refractivity contribution in [2.45, 2.75) is 38.8 Å². The van der Waals surface area contributed by atoms with E-state index in [1.54, 1.807) is 0 Å². The van der Waals surface area contributed by atoms with E-state index in [0.717, 1.165) is 18.2 Å². The summed E-state index contributed by atoms with van der Waals surface area (Å²) in [6.07, 6.45) is 3.98. The standard InChI is InChI=1S/C20H24N2O/c1-15(23)22-19-12-10-16(11-13-19)14-21-20(18-8-5-9-18)17-6-3-2-4-7-17/h2-4,6-7,10-13,18,20-21H,5,8-9,14H2,1H3,(H,22,23). The van der Waals surface area contributed by atoms with Crippen molar-refractivity contribution in [1.29, 1.82) is 0 Å². The van der Waals surface area contributed by atoms with Crippen molar-refractivity contribution in [2.75, 3.05) is 5.32 Å². The number of anilines is 1. The van der Waals surface area contributed by atoms with Gasteiger partial charge < -0.3 is 10.6 Å². The predicted molar refractivity (Wildman–Crippen MR) is 94.1 cm³/mol. The van der Waals surface area contributed by atoms with E-state index >= 15 is 0 Å². The number of amides is 1. The maximum atomic E-state index is 11.1. The zero-order valence-corrected chi connectivity index (χ0v) is 13.6. The van der Waals surface area contributed by atoms with Gasteiger partial charge in [-0.1, -0.05) is 48.9 Å². The lowest BCUT2D eigenvalue weighted by atomic mass is 9.77. The third kappa shape index (κ3) is 4.20. The van der Waals surface area contributed by atoms with Crippen molar-refractivity contribution in [3.63, 3.8) is 0 Å². The molecule has 2 aromatic rings. The molecule has 0 bridgehead atoms. The number of rotatable bonds is 6. The van der Waals surface area contributed by atoms with Crippen LogP contribution in [0.3, 0.4) is 0 Å². The highest BCUT2D eigenvalue weighted by molar-refractivity contribution is 5.88. The Bertz CT molecular complexity index is 632. The van der Waals surface area contributed by atoms with Gasteiger partial charge >= 0.3 is 0 Å². The van der Waals surface area contributed by atoms with Gasteiger partial charge in [-0.3, -0.25) is 4.79 Å². The van der Waals surface area contributed by atoms with E-state index in [9.17, 15) is 4.79 Å². The largest absolute Gasteiger partial charge is 0.326 e. The van der Waals surface area contributed by atoms with Gasteiger partial charge in [0.15, 0.2) is 0 Å². The molecule has 120 valence electrons. The van der Waals surface area contributed by atoms with Gasteiger partial charge in [0.25, 0.3) is 0 Å². The Morgan fingerprint density at radius 2 is 1.78 bits per heavy atom. The van der Waals surface area contributed by atoms with Crippen LogP contribution in [0.5, 0.6) is 0 Å². The molecule has 3 nitrogen and oxygen atoms in total. The van der Waals surface area contributed by atoms with Gasteiger partial charge in [-0.15, -0.1) is 0 Å². The van der Waals surface area contributed by atoms with Crippen LogP contribution in [0.2, 0.25) is 0 Å². The minimum absolute atomic E-state index is 0.0370. The first kappa shape index (κ1) is 15.8. The molecule has 1 aliphatic carbocycles. The van der Waals surface area contributed by atoms with Crippen LogP contribution in [0.4, 0.5) is 5.69 Å². The van der Waals surface area contributed by atoms with Crippen LogP contribution >= 0.6 is 0 Å². The number of hydrogen-bond donors (Lipinski definition) is 2. The fourth-order valence-electron chi connectivity index (χ4n) is 3.13. The molecule has 0 aliphatic heterocycles. The first-order valence-corrected chi connectivity index (χ1v) is 8.37. The number of carbonyl (C=O) groups excluding carboxylic acids is 1. The second-order valence-corrected chi connectivity index (χ2v) is 6.34. The van der Waals surface area contributed by atoms with Gasteiger partial charge in [0.2, 0.25) is 5.91 Å². The summed E-state index contributed by atoms with van der Waals surface area (Å²) in [5.41, 5.74) is 3.46. The first-order valence-electron chi connectivity index (χ1n) is 8.37. The van der Waals surface area contributed by atoms with E-state index in [-0.39, 0.29) is 5.91 Å². The van der Waals surface area contributed by atoms with Gasteiger partial charge in [-0.05, 0) is 42.0 Å². The van der Waals surface area contributed by atoms with E-state index in [0.29, 0.717) is 6.04 Å². The van der Waals surface area contributed by atoms with Gasteiger partial charge in [0, 0.05) is 25.2 Å². The average molecular weight is 308 g/mol. The van der Waals surface area contributed by atoms with Gasteiger partial charge in [-0.2, -0.15) is 0 Å².